The Morgan fingerprint density at radius 2 is 2.11 bits per heavy atom. The second-order valence-electron chi connectivity index (χ2n) is 7.64. The third-order valence-electron chi connectivity index (χ3n) is 4.94. The number of fused-ring (bicyclic) bond motifs is 1. The average molecular weight is 612 g/mol. The summed E-state index contributed by atoms with van der Waals surface area (Å²) in [6.07, 6.45) is 5.57. The topological polar surface area (TPSA) is 117 Å². The van der Waals surface area contributed by atoms with Crippen molar-refractivity contribution in [2.45, 2.75) is 32.5 Å². The molecule has 1 fully saturated rings. The molecule has 3 heterocycles. The number of halogens is 2. The van der Waals surface area contributed by atoms with E-state index >= 15 is 0 Å². The summed E-state index contributed by atoms with van der Waals surface area (Å²) in [7, 11) is 0. The number of hydrogen-bond acceptors (Lipinski definition) is 8. The molecule has 1 saturated carbocycles. The van der Waals surface area contributed by atoms with Gasteiger partial charge in [0.25, 0.3) is 5.91 Å². The number of nitrogens with one attached hydrogen (secondary N) is 1. The minimum atomic E-state index is -0.417. The average Bonchev–Trinajstić information content (AvgIpc) is 3.29. The van der Waals surface area contributed by atoms with Gasteiger partial charge in [-0.2, -0.15) is 4.98 Å². The molecule has 0 radical (unpaired) electrons. The highest BCUT2D eigenvalue weighted by Gasteiger charge is 2.18. The summed E-state index contributed by atoms with van der Waals surface area (Å²) >= 11 is 2.16. The van der Waals surface area contributed by atoms with Gasteiger partial charge in [0.15, 0.2) is 0 Å². The first-order valence-electron chi connectivity index (χ1n) is 10.7. The van der Waals surface area contributed by atoms with E-state index in [0.717, 1.165) is 29.7 Å². The van der Waals surface area contributed by atoms with E-state index in [1.165, 1.54) is 12.6 Å². The summed E-state index contributed by atoms with van der Waals surface area (Å²) in [5, 5.41) is 6.76. The van der Waals surface area contributed by atoms with Gasteiger partial charge in [-0.05, 0) is 53.4 Å². The molecular weight excluding hydrogens is 589 g/mol. The Morgan fingerprint density at radius 3 is 2.83 bits per heavy atom. The number of aromatic nitrogens is 5. The lowest BCUT2D eigenvalue weighted by atomic mass is 10.1. The van der Waals surface area contributed by atoms with Gasteiger partial charge in [0.05, 0.1) is 38.2 Å². The van der Waals surface area contributed by atoms with Crippen molar-refractivity contribution in [1.82, 2.24) is 24.5 Å². The highest BCUT2D eigenvalue weighted by Crippen LogP contribution is 2.24. The number of carbonyl (C=O) groups excluding carboxylic acids is 1. The van der Waals surface area contributed by atoms with Crippen LogP contribution in [0.25, 0.3) is 17.0 Å². The van der Waals surface area contributed by atoms with Crippen LogP contribution in [0.15, 0.2) is 47.7 Å². The van der Waals surface area contributed by atoms with E-state index in [1.54, 1.807) is 22.9 Å². The maximum atomic E-state index is 12.9. The Bertz CT molecular complexity index is 1270. The minimum absolute atomic E-state index is 0.302. The number of hydrogen-bond donors (Lipinski definition) is 1. The number of nitrogens with zero attached hydrogens (tertiary/aromatic N) is 5. The monoisotopic (exact) mass is 612 g/mol. The predicted molar refractivity (Wildman–Crippen MR) is 137 cm³/mol. The first-order valence-corrected chi connectivity index (χ1v) is 14.8. The molecule has 35 heavy (non-hydrogen) atoms. The van der Waals surface area contributed by atoms with Crippen molar-refractivity contribution in [2.75, 3.05) is 18.5 Å². The lowest BCUT2D eigenvalue weighted by Crippen LogP contribution is -2.15. The second-order valence-corrected chi connectivity index (χ2v) is 9.41. The number of rotatable bonds is 9. The molecular formula is C22H23FIN6O4P. The number of aryl methyl sites for hydroxylation is 1. The van der Waals surface area contributed by atoms with Gasteiger partial charge in [-0.25, -0.2) is 14.4 Å². The van der Waals surface area contributed by atoms with Crippen molar-refractivity contribution in [3.8, 4) is 11.4 Å². The highest BCUT2D eigenvalue weighted by atomic mass is 127. The number of anilines is 1. The lowest BCUT2D eigenvalue weighted by molar-refractivity contribution is 0.0924. The molecule has 5 rings (SSSR count). The number of carbonyl (C=O) groups is 1. The second kappa shape index (κ2) is 12.4. The summed E-state index contributed by atoms with van der Waals surface area (Å²) in [5.74, 6) is 0.147. The van der Waals surface area contributed by atoms with Crippen molar-refractivity contribution < 1.29 is 23.0 Å². The Morgan fingerprint density at radius 1 is 1.29 bits per heavy atom. The van der Waals surface area contributed by atoms with Crippen LogP contribution in [0.3, 0.4) is 0 Å². The van der Waals surface area contributed by atoms with Gasteiger partial charge in [0.1, 0.15) is 23.8 Å². The summed E-state index contributed by atoms with van der Waals surface area (Å²) in [6, 6.07) is 7.35. The van der Waals surface area contributed by atoms with Crippen LogP contribution in [0.5, 0.6) is 0 Å². The van der Waals surface area contributed by atoms with Gasteiger partial charge in [-0.15, -0.1) is 0 Å². The predicted octanol–water partition coefficient (Wildman–Crippen LogP) is 4.94. The zero-order valence-corrected chi connectivity index (χ0v) is 21.9. The van der Waals surface area contributed by atoms with E-state index in [1.807, 2.05) is 19.1 Å². The molecule has 0 spiro atoms. The smallest absolute Gasteiger partial charge is 0.274 e. The maximum absolute atomic E-state index is 12.9. The van der Waals surface area contributed by atoms with Crippen LogP contribution in [0, 0.1) is 6.92 Å². The summed E-state index contributed by atoms with van der Waals surface area (Å²) in [4.78, 5) is 25.6. The third kappa shape index (κ3) is 7.23. The zero-order valence-electron chi connectivity index (χ0n) is 18.8. The molecule has 3 aromatic heterocycles. The molecule has 13 heteroatoms. The van der Waals surface area contributed by atoms with Crippen LogP contribution in [-0.2, 0) is 15.9 Å². The summed E-state index contributed by atoms with van der Waals surface area (Å²) in [5.41, 5.74) is 4.00. The van der Waals surface area contributed by atoms with Crippen molar-refractivity contribution in [3.05, 3.63) is 60.1 Å². The zero-order chi connectivity index (χ0) is 24.6. The fourth-order valence-corrected chi connectivity index (χ4v) is 3.75. The Labute approximate surface area is 215 Å². The van der Waals surface area contributed by atoms with Crippen molar-refractivity contribution in [1.29, 1.82) is 0 Å². The summed E-state index contributed by atoms with van der Waals surface area (Å²) < 4.78 is 28.3. The van der Waals surface area contributed by atoms with E-state index in [0.29, 0.717) is 49.1 Å². The van der Waals surface area contributed by atoms with Crippen molar-refractivity contribution in [2.24, 2.45) is 0 Å². The fraction of sp³-hybridized carbons (Fsp3) is 0.318. The standard InChI is InChI=1S/C19H18IN6O4P.C3H5F/c1-12-2-3-13(18-23-11-29-25-18)6-15(12)24-19(27)16-8-21-17-7-14(22-10-26(16)17)9-28-4-5-30-31-20;4-3-1-2-3/h2-3,6-8,10-11,31H,4-5,9H2,1H3,(H,24,27);3H,1-2H2. The summed E-state index contributed by atoms with van der Waals surface area (Å²) in [6.45, 7) is 3.71. The van der Waals surface area contributed by atoms with Crippen LogP contribution >= 0.6 is 28.5 Å². The van der Waals surface area contributed by atoms with Gasteiger partial charge in [-0.3, -0.25) is 9.20 Å². The van der Waals surface area contributed by atoms with Gasteiger partial charge in [0, 0.05) is 17.3 Å². The maximum Gasteiger partial charge on any atom is 0.274 e. The quantitative estimate of drug-likeness (QED) is 0.161. The van der Waals surface area contributed by atoms with Crippen LogP contribution in [0.1, 0.15) is 34.6 Å². The van der Waals surface area contributed by atoms with E-state index in [9.17, 15) is 9.18 Å². The molecule has 1 atom stereocenters. The fourth-order valence-electron chi connectivity index (χ4n) is 2.93. The SMILES string of the molecule is Cc1ccc(-c2ncon2)cc1NC(=O)c1cnc2cc(COCCOPI)ncn12.FC1CC1. The Balaban J connectivity index is 0.000000656. The van der Waals surface area contributed by atoms with Crippen LogP contribution in [0.2, 0.25) is 0 Å². The first kappa shape index (κ1) is 25.5. The molecule has 1 N–H and O–H groups in total. The van der Waals surface area contributed by atoms with Gasteiger partial charge < -0.3 is 19.1 Å². The van der Waals surface area contributed by atoms with E-state index in [4.69, 9.17) is 13.8 Å². The molecule has 0 saturated heterocycles. The normalized spacial score (nSPS) is 13.2. The largest absolute Gasteiger partial charge is 0.373 e. The molecule has 0 aliphatic heterocycles. The Hall–Kier alpha value is -2.54. The molecule has 1 unspecified atom stereocenters. The Kier molecular flexibility index (Phi) is 9.07. The molecule has 10 nitrogen and oxygen atoms in total. The lowest BCUT2D eigenvalue weighted by Gasteiger charge is -2.09. The molecule has 1 aliphatic rings. The van der Waals surface area contributed by atoms with Gasteiger partial charge in [-0.1, -0.05) is 17.3 Å². The number of benzene rings is 1. The van der Waals surface area contributed by atoms with Crippen LogP contribution in [-0.4, -0.2) is 49.8 Å². The number of amides is 1. The molecule has 4 aromatic rings. The molecule has 1 aliphatic carbocycles. The minimum Gasteiger partial charge on any atom is -0.373 e. The number of alkyl halides is 1. The van der Waals surface area contributed by atoms with E-state index < -0.39 is 6.17 Å². The number of imidazole rings is 1. The van der Waals surface area contributed by atoms with Gasteiger partial charge in [0.2, 0.25) is 12.2 Å². The third-order valence-corrected chi connectivity index (χ3v) is 6.19. The van der Waals surface area contributed by atoms with Crippen LogP contribution < -0.4 is 5.32 Å². The van der Waals surface area contributed by atoms with Gasteiger partial charge >= 0.3 is 0 Å². The first-order chi connectivity index (χ1) is 17.0. The van der Waals surface area contributed by atoms with E-state index in [2.05, 4.69) is 47.5 Å². The highest BCUT2D eigenvalue weighted by molar-refractivity contribution is 14.2. The van der Waals surface area contributed by atoms with E-state index in [-0.39, 0.29) is 5.91 Å². The molecule has 1 aromatic carbocycles. The van der Waals surface area contributed by atoms with Crippen LogP contribution in [0.4, 0.5) is 10.1 Å². The molecule has 184 valence electrons. The number of ether oxygens (including phenoxy) is 1. The van der Waals surface area contributed by atoms with Crippen molar-refractivity contribution in [3.63, 3.8) is 0 Å². The molecule has 0 bridgehead atoms. The van der Waals surface area contributed by atoms with Crippen molar-refractivity contribution >= 4 is 45.7 Å². The molecule has 1 amide bonds.